The summed E-state index contributed by atoms with van der Waals surface area (Å²) in [5.74, 6) is -0.826. The Kier molecular flexibility index (Phi) is 14.1. The van der Waals surface area contributed by atoms with Crippen molar-refractivity contribution in [1.82, 2.24) is 15.1 Å². The Labute approximate surface area is 299 Å². The maximum atomic E-state index is 13.5. The van der Waals surface area contributed by atoms with Crippen molar-refractivity contribution in [3.05, 3.63) is 77.5 Å². The highest BCUT2D eigenvalue weighted by molar-refractivity contribution is 7.92. The number of hydrogen-bond donors (Lipinski definition) is 2. The molecule has 0 radical (unpaired) electrons. The third kappa shape index (κ3) is 11.0. The number of anilines is 1. The number of rotatable bonds is 17. The van der Waals surface area contributed by atoms with Crippen LogP contribution in [0.5, 0.6) is 0 Å². The Bertz CT molecular complexity index is 1720. The Morgan fingerprint density at radius 2 is 1.65 bits per heavy atom. The first kappa shape index (κ1) is 39.9. The highest BCUT2D eigenvalue weighted by Crippen LogP contribution is 2.39. The van der Waals surface area contributed by atoms with Gasteiger partial charge in [-0.25, -0.2) is 17.9 Å². The van der Waals surface area contributed by atoms with Crippen molar-refractivity contribution in [2.75, 3.05) is 18.0 Å². The second-order valence-corrected chi connectivity index (χ2v) is 15.8. The first-order chi connectivity index (χ1) is 24.3. The maximum absolute atomic E-state index is 13.5. The zero-order chi connectivity index (χ0) is 37.1. The average molecular weight is 730 g/mol. The molecule has 3 aromatic rings. The normalized spacial score (nSPS) is 18.2. The molecule has 1 saturated heterocycles. The lowest BCUT2D eigenvalue weighted by molar-refractivity contribution is -0.140. The molecule has 2 aliphatic rings. The second kappa shape index (κ2) is 18.0. The fourth-order valence-electron chi connectivity index (χ4n) is 6.48. The van der Waals surface area contributed by atoms with E-state index in [-0.39, 0.29) is 18.5 Å². The largest absolute Gasteiger partial charge is 0.480 e. The SMILES string of the molecule is CCCCCCCCCCNC1(C#N)CC1.Cc1cc(N2C[C@H](S(=O)(=O)c3ccccc3C(F)(F)F)C[C@@H]2C(=O)O)n(CCc2ccccc2)n1. The molecule has 9 nitrogen and oxygen atoms in total. The Morgan fingerprint density at radius 3 is 2.25 bits per heavy atom. The molecule has 1 aliphatic heterocycles. The van der Waals surface area contributed by atoms with Crippen molar-refractivity contribution in [1.29, 1.82) is 5.26 Å². The predicted molar refractivity (Wildman–Crippen MR) is 191 cm³/mol. The minimum absolute atomic E-state index is 0.110. The fourth-order valence-corrected chi connectivity index (χ4v) is 8.40. The van der Waals surface area contributed by atoms with Gasteiger partial charge in [-0.05, 0) is 63.3 Å². The number of aliphatic carboxylic acids is 1. The molecule has 2 N–H and O–H groups in total. The molecule has 0 bridgehead atoms. The summed E-state index contributed by atoms with van der Waals surface area (Å²) in [4.78, 5) is 12.7. The number of nitrogens with one attached hydrogen (secondary N) is 1. The average Bonchev–Trinajstić information content (AvgIpc) is 3.57. The number of carboxylic acids is 1. The standard InChI is InChI=1S/C24H24F3N3O4S.C14H26N2/c1-16-13-22(30(28-16)12-11-17-7-3-2-4-8-17)29-15-18(14-20(29)23(31)32)35(33,34)21-10-6-5-9-19(21)24(25,26)27;1-2-3-4-5-6-7-8-9-12-16-14(13-15)10-11-14/h2-10,13,18,20H,11-12,14-15H2,1H3,(H,31,32);16H,2-12H2,1H3/t18-,20-;/m1./s1. The first-order valence-electron chi connectivity index (χ1n) is 18.0. The fraction of sp³-hybridized carbons (Fsp3) is 0.553. The van der Waals surface area contributed by atoms with Crippen LogP contribution in [0.15, 0.2) is 65.6 Å². The first-order valence-corrected chi connectivity index (χ1v) is 19.5. The van der Waals surface area contributed by atoms with Crippen LogP contribution in [0.1, 0.15) is 94.4 Å². The van der Waals surface area contributed by atoms with E-state index in [2.05, 4.69) is 23.4 Å². The summed E-state index contributed by atoms with van der Waals surface area (Å²) in [5, 5.41) is 25.2. The smallest absolute Gasteiger partial charge is 0.417 e. The van der Waals surface area contributed by atoms with Crippen molar-refractivity contribution in [2.45, 2.75) is 125 Å². The summed E-state index contributed by atoms with van der Waals surface area (Å²) in [6.07, 6.45) is 8.38. The predicted octanol–water partition coefficient (Wildman–Crippen LogP) is 7.73. The van der Waals surface area contributed by atoms with E-state index >= 15 is 0 Å². The third-order valence-electron chi connectivity index (χ3n) is 9.57. The van der Waals surface area contributed by atoms with Crippen molar-refractivity contribution < 1.29 is 31.5 Å². The van der Waals surface area contributed by atoms with Gasteiger partial charge in [-0.2, -0.15) is 23.5 Å². The number of benzene rings is 2. The number of sulfone groups is 1. The molecule has 1 aliphatic carbocycles. The molecular weight excluding hydrogens is 680 g/mol. The van der Waals surface area contributed by atoms with E-state index in [0.717, 1.165) is 43.1 Å². The molecule has 278 valence electrons. The lowest BCUT2D eigenvalue weighted by Gasteiger charge is -2.24. The molecule has 51 heavy (non-hydrogen) atoms. The molecule has 1 aromatic heterocycles. The Morgan fingerprint density at radius 1 is 1.02 bits per heavy atom. The molecular formula is C38H50F3N5O4S. The van der Waals surface area contributed by atoms with Crippen LogP contribution in [0.25, 0.3) is 0 Å². The summed E-state index contributed by atoms with van der Waals surface area (Å²) in [7, 11) is -4.48. The number of halogens is 3. The zero-order valence-corrected chi connectivity index (χ0v) is 30.4. The monoisotopic (exact) mass is 729 g/mol. The van der Waals surface area contributed by atoms with E-state index in [1.54, 1.807) is 17.7 Å². The van der Waals surface area contributed by atoms with Crippen LogP contribution in [0.2, 0.25) is 0 Å². The van der Waals surface area contributed by atoms with E-state index in [9.17, 15) is 31.5 Å². The summed E-state index contributed by atoms with van der Waals surface area (Å²) >= 11 is 0. The summed E-state index contributed by atoms with van der Waals surface area (Å²) in [6, 6.07) is 16.4. The Hall–Kier alpha value is -3.89. The van der Waals surface area contributed by atoms with E-state index in [1.807, 2.05) is 30.3 Å². The minimum Gasteiger partial charge on any atom is -0.480 e. The van der Waals surface area contributed by atoms with Gasteiger partial charge >= 0.3 is 12.1 Å². The Balaban J connectivity index is 0.000000306. The maximum Gasteiger partial charge on any atom is 0.417 e. The van der Waals surface area contributed by atoms with Gasteiger partial charge in [0.2, 0.25) is 0 Å². The number of nitrogens with zero attached hydrogens (tertiary/aromatic N) is 4. The number of hydrogen-bond acceptors (Lipinski definition) is 7. The summed E-state index contributed by atoms with van der Waals surface area (Å²) < 4.78 is 68.8. The van der Waals surface area contributed by atoms with Crippen molar-refractivity contribution in [3.8, 4) is 6.07 Å². The van der Waals surface area contributed by atoms with Crippen molar-refractivity contribution in [3.63, 3.8) is 0 Å². The van der Waals surface area contributed by atoms with Gasteiger partial charge < -0.3 is 10.0 Å². The lowest BCUT2D eigenvalue weighted by Crippen LogP contribution is -2.37. The van der Waals surface area contributed by atoms with Gasteiger partial charge in [-0.3, -0.25) is 5.32 Å². The third-order valence-corrected chi connectivity index (χ3v) is 11.8. The number of unbranched alkanes of at least 4 members (excludes halogenated alkanes) is 7. The molecule has 1 saturated carbocycles. The second-order valence-electron chi connectivity index (χ2n) is 13.6. The molecule has 13 heteroatoms. The van der Waals surface area contributed by atoms with Gasteiger partial charge in [0.05, 0.1) is 27.5 Å². The molecule has 2 fully saturated rings. The van der Waals surface area contributed by atoms with E-state index in [4.69, 9.17) is 5.26 Å². The van der Waals surface area contributed by atoms with Gasteiger partial charge in [-0.1, -0.05) is 94.3 Å². The van der Waals surface area contributed by atoms with Crippen LogP contribution in [0.4, 0.5) is 19.0 Å². The highest BCUT2D eigenvalue weighted by Gasteiger charge is 2.47. The van der Waals surface area contributed by atoms with Gasteiger partial charge in [-0.15, -0.1) is 0 Å². The van der Waals surface area contributed by atoms with Gasteiger partial charge in [0, 0.05) is 19.2 Å². The quantitative estimate of drug-likeness (QED) is 0.135. The van der Waals surface area contributed by atoms with E-state index in [1.165, 1.54) is 62.3 Å². The molecule has 2 aromatic carbocycles. The lowest BCUT2D eigenvalue weighted by atomic mass is 10.1. The number of nitriles is 1. The molecule has 2 heterocycles. The van der Waals surface area contributed by atoms with E-state index in [0.29, 0.717) is 24.5 Å². The van der Waals surface area contributed by atoms with Crippen molar-refractivity contribution in [2.24, 2.45) is 0 Å². The van der Waals surface area contributed by atoms with Gasteiger partial charge in [0.1, 0.15) is 17.4 Å². The molecule has 0 unspecified atom stereocenters. The van der Waals surface area contributed by atoms with Crippen LogP contribution in [0.3, 0.4) is 0 Å². The molecule has 5 rings (SSSR count). The number of aryl methyl sites for hydroxylation is 3. The van der Waals surface area contributed by atoms with Crippen LogP contribution in [-0.4, -0.2) is 59.2 Å². The summed E-state index contributed by atoms with van der Waals surface area (Å²) in [6.45, 7) is 5.19. The number of alkyl halides is 3. The number of carbonyl (C=O) groups is 1. The van der Waals surface area contributed by atoms with Crippen LogP contribution in [-0.2, 0) is 33.8 Å². The topological polar surface area (TPSA) is 128 Å². The minimum atomic E-state index is -4.86. The van der Waals surface area contributed by atoms with Gasteiger partial charge in [0.25, 0.3) is 0 Å². The highest BCUT2D eigenvalue weighted by atomic mass is 32.2. The zero-order valence-electron chi connectivity index (χ0n) is 29.5. The number of aromatic nitrogens is 2. The van der Waals surface area contributed by atoms with Crippen LogP contribution >= 0.6 is 0 Å². The van der Waals surface area contributed by atoms with Crippen molar-refractivity contribution >= 4 is 21.6 Å². The van der Waals surface area contributed by atoms with Gasteiger partial charge in [0.15, 0.2) is 9.84 Å². The number of carboxylic acid groups (broad SMARTS) is 1. The van der Waals surface area contributed by atoms with E-state index < -0.39 is 43.7 Å². The molecule has 0 amide bonds. The molecule has 2 atom stereocenters. The summed E-state index contributed by atoms with van der Waals surface area (Å²) in [5.41, 5.74) is 0.299. The van der Waals surface area contributed by atoms with Crippen LogP contribution in [0, 0.1) is 18.3 Å². The van der Waals surface area contributed by atoms with Crippen LogP contribution < -0.4 is 10.2 Å². The molecule has 0 spiro atoms.